The molecule has 0 spiro atoms. The van der Waals surface area contributed by atoms with Gasteiger partial charge in [-0.05, 0) is 0 Å². The summed E-state index contributed by atoms with van der Waals surface area (Å²) in [4.78, 5) is 25.1. The second kappa shape index (κ2) is 4.85. The smallest absolute Gasteiger partial charge is 0.483 e. The van der Waals surface area contributed by atoms with Crippen molar-refractivity contribution in [2.75, 3.05) is 7.11 Å². The van der Waals surface area contributed by atoms with Crippen LogP contribution < -0.4 is 0 Å². The molecule has 0 aliphatic carbocycles. The third-order valence-electron chi connectivity index (χ3n) is 0.681. The van der Waals surface area contributed by atoms with Gasteiger partial charge in [-0.2, -0.15) is 4.31 Å². The quantitative estimate of drug-likeness (QED) is 0.481. The molecule has 2 unspecified atom stereocenters. The highest BCUT2D eigenvalue weighted by atomic mass is 32.5. The van der Waals surface area contributed by atoms with Gasteiger partial charge in [0.2, 0.25) is 0 Å². The molecule has 0 heterocycles. The van der Waals surface area contributed by atoms with Crippen LogP contribution in [-0.2, 0) is 34.1 Å². The number of hydrogen-bond donors (Lipinski definition) is 3. The van der Waals surface area contributed by atoms with Crippen LogP contribution in [0, 0.1) is 0 Å². The number of hydrogen-bond acceptors (Lipinski definition) is 6. The Kier molecular flexibility index (Phi) is 5.17. The Labute approximate surface area is 86.0 Å². The van der Waals surface area contributed by atoms with Crippen molar-refractivity contribution in [2.24, 2.45) is 0 Å². The summed E-state index contributed by atoms with van der Waals surface area (Å²) in [5, 5.41) is 0. The Morgan fingerprint density at radius 1 is 1.21 bits per heavy atom. The third-order valence-corrected chi connectivity index (χ3v) is 5.65. The Morgan fingerprint density at radius 2 is 1.64 bits per heavy atom. The van der Waals surface area contributed by atoms with Crippen molar-refractivity contribution >= 4 is 41.4 Å². The van der Waals surface area contributed by atoms with Gasteiger partial charge in [0.25, 0.3) is 0 Å². The van der Waals surface area contributed by atoms with E-state index in [1.54, 1.807) is 0 Å². The fourth-order valence-corrected chi connectivity index (χ4v) is 3.96. The molecule has 0 aromatic carbocycles. The van der Waals surface area contributed by atoms with Gasteiger partial charge in [0.05, 0.1) is 0 Å². The summed E-state index contributed by atoms with van der Waals surface area (Å²) < 4.78 is 32.8. The largest absolute Gasteiger partial charge is 0.485 e. The van der Waals surface area contributed by atoms with E-state index in [1.807, 2.05) is 0 Å². The lowest BCUT2D eigenvalue weighted by Gasteiger charge is -2.29. The first-order valence-corrected chi connectivity index (χ1v) is 8.46. The van der Waals surface area contributed by atoms with Crippen LogP contribution in [0.15, 0.2) is 0 Å². The minimum absolute atomic E-state index is 1.01. The van der Waals surface area contributed by atoms with Crippen LogP contribution in [0.2, 0.25) is 0 Å². The van der Waals surface area contributed by atoms with E-state index >= 15 is 0 Å². The van der Waals surface area contributed by atoms with Gasteiger partial charge in [-0.25, -0.2) is 9.13 Å². The van der Waals surface area contributed by atoms with Gasteiger partial charge in [-0.15, -0.1) is 0 Å². The Balaban J connectivity index is 4.60. The zero-order valence-corrected chi connectivity index (χ0v) is 10.2. The molecule has 0 aromatic rings. The number of phosphoric acid groups is 2. The van der Waals surface area contributed by atoms with Gasteiger partial charge in [0, 0.05) is 7.11 Å². The van der Waals surface area contributed by atoms with Crippen LogP contribution in [0.25, 0.3) is 0 Å². The van der Waals surface area contributed by atoms with Crippen molar-refractivity contribution < 1.29 is 37.0 Å². The molecular formula is CH6BO8P3S-. The normalized spacial score (nSPS) is 21.2. The summed E-state index contributed by atoms with van der Waals surface area (Å²) in [5.74, 6) is 0. The maximum Gasteiger partial charge on any atom is 0.483 e. The molecule has 0 saturated carbocycles. The van der Waals surface area contributed by atoms with Crippen molar-refractivity contribution in [3.05, 3.63) is 0 Å². The van der Waals surface area contributed by atoms with E-state index in [0.29, 0.717) is 0 Å². The van der Waals surface area contributed by atoms with Gasteiger partial charge in [-0.1, -0.05) is 18.2 Å². The standard InChI is InChI=1S/CH6BO8P3S/c1-8-11(2,14)9-13(6,7)10-12(3,4)5/h1H3,(H,6,7)(H2,3,4,5)/q-1. The van der Waals surface area contributed by atoms with Crippen LogP contribution in [0.1, 0.15) is 0 Å². The van der Waals surface area contributed by atoms with Crippen molar-refractivity contribution in [3.63, 3.8) is 0 Å². The Hall–Kier alpha value is 0.935. The van der Waals surface area contributed by atoms with E-state index in [4.69, 9.17) is 22.2 Å². The average molecular weight is 282 g/mol. The Bertz CT molecular complexity index is 333. The fraction of sp³-hybridized carbons (Fsp3) is 1.00. The molecule has 8 nitrogen and oxygen atoms in total. The molecule has 0 bridgehead atoms. The van der Waals surface area contributed by atoms with Crippen LogP contribution in [-0.4, -0.2) is 29.4 Å². The van der Waals surface area contributed by atoms with E-state index in [0.717, 1.165) is 7.11 Å². The minimum atomic E-state index is -5.16. The van der Waals surface area contributed by atoms with Gasteiger partial charge in [0.15, 0.2) is 0 Å². The summed E-state index contributed by atoms with van der Waals surface area (Å²) >= 11 is 4.36. The topological polar surface area (TPSA) is 123 Å². The monoisotopic (exact) mass is 282 g/mol. The second-order valence-electron chi connectivity index (χ2n) is 1.84. The van der Waals surface area contributed by atoms with Gasteiger partial charge in [0.1, 0.15) is 0 Å². The molecule has 0 aliphatic rings. The summed E-state index contributed by atoms with van der Waals surface area (Å²) in [5.41, 5.74) is 0. The molecule has 14 heavy (non-hydrogen) atoms. The van der Waals surface area contributed by atoms with Crippen LogP contribution in [0.3, 0.4) is 0 Å². The third kappa shape index (κ3) is 7.26. The van der Waals surface area contributed by atoms with E-state index in [-0.39, 0.29) is 0 Å². The van der Waals surface area contributed by atoms with E-state index in [9.17, 15) is 9.13 Å². The van der Waals surface area contributed by atoms with Gasteiger partial charge < -0.3 is 26.8 Å². The summed E-state index contributed by atoms with van der Waals surface area (Å²) in [7, 11) is -4.13. The van der Waals surface area contributed by atoms with E-state index in [2.05, 4.69) is 25.0 Å². The molecule has 2 atom stereocenters. The summed E-state index contributed by atoms with van der Waals surface area (Å²) in [6.07, 6.45) is -3.53. The second-order valence-corrected chi connectivity index (χ2v) is 8.04. The lowest BCUT2D eigenvalue weighted by molar-refractivity contribution is 0.228. The maximum absolute atomic E-state index is 10.8. The highest BCUT2D eigenvalue weighted by molar-refractivity contribution is 8.22. The number of rotatable bonds is 5. The van der Waals surface area contributed by atoms with Gasteiger partial charge >= 0.3 is 15.6 Å². The molecule has 0 fully saturated rings. The highest BCUT2D eigenvalue weighted by Gasteiger charge is 2.33. The molecule has 13 heteroatoms. The lowest BCUT2D eigenvalue weighted by Crippen LogP contribution is -1.94. The van der Waals surface area contributed by atoms with E-state index in [1.165, 1.54) is 0 Å². The molecular weight excluding hydrogens is 276 g/mol. The minimum Gasteiger partial charge on any atom is -0.485 e. The fourth-order valence-electron chi connectivity index (χ4n) is 0.326. The van der Waals surface area contributed by atoms with Crippen LogP contribution in [0.4, 0.5) is 0 Å². The summed E-state index contributed by atoms with van der Waals surface area (Å²) in [6.45, 7) is 0. The molecule has 0 aliphatic heterocycles. The highest BCUT2D eigenvalue weighted by Crippen LogP contribution is 2.65. The lowest BCUT2D eigenvalue weighted by atomic mass is 10.8. The van der Waals surface area contributed by atoms with Crippen molar-refractivity contribution in [1.82, 2.24) is 0 Å². The van der Waals surface area contributed by atoms with E-state index < -0.39 is 22.0 Å². The Morgan fingerprint density at radius 3 is 1.93 bits per heavy atom. The average Bonchev–Trinajstić information content (AvgIpc) is 1.78. The molecule has 0 amide bonds. The first kappa shape index (κ1) is 14.9. The zero-order chi connectivity index (χ0) is 11.6. The molecule has 3 N–H and O–H groups in total. The van der Waals surface area contributed by atoms with Crippen LogP contribution >= 0.6 is 22.0 Å². The zero-order valence-electron chi connectivity index (χ0n) is 6.71. The molecule has 83 valence electrons. The predicted molar refractivity (Wildman–Crippen MR) is 51.1 cm³/mol. The molecule has 0 rings (SSSR count). The van der Waals surface area contributed by atoms with Crippen molar-refractivity contribution in [1.29, 1.82) is 0 Å². The SMILES string of the molecule is [B-]P(=S)(OC)OP(=O)(O)OP(=O)(O)O. The maximum atomic E-state index is 10.8. The molecule has 3 radical (unpaired) electrons. The molecule has 0 aromatic heterocycles. The first-order valence-electron chi connectivity index (χ1n) is 2.73. The molecule has 0 saturated heterocycles. The van der Waals surface area contributed by atoms with Crippen molar-refractivity contribution in [3.8, 4) is 0 Å². The predicted octanol–water partition coefficient (Wildman–Crippen LogP) is 0.252. The van der Waals surface area contributed by atoms with Gasteiger partial charge in [-0.3, -0.25) is 4.31 Å². The summed E-state index contributed by atoms with van der Waals surface area (Å²) in [6, 6.07) is 0. The van der Waals surface area contributed by atoms with Crippen LogP contribution in [0.5, 0.6) is 0 Å². The first-order chi connectivity index (χ1) is 5.97. The van der Waals surface area contributed by atoms with Crippen molar-refractivity contribution in [2.45, 2.75) is 0 Å².